The first-order chi connectivity index (χ1) is 17.7. The maximum atomic E-state index is 10.3. The van der Waals surface area contributed by atoms with Crippen LogP contribution in [0.25, 0.3) is 12.2 Å². The largest absolute Gasteiger partial charge is 0.429 e. The van der Waals surface area contributed by atoms with Crippen LogP contribution in [0.5, 0.6) is 11.5 Å². The summed E-state index contributed by atoms with van der Waals surface area (Å²) < 4.78 is 4.76. The molecule has 0 aliphatic rings. The van der Waals surface area contributed by atoms with Gasteiger partial charge in [-0.05, 0) is 83.9 Å². The third-order valence-electron chi connectivity index (χ3n) is 4.85. The van der Waals surface area contributed by atoms with Crippen LogP contribution < -0.4 is 9.62 Å². The van der Waals surface area contributed by atoms with Gasteiger partial charge in [0.15, 0.2) is 5.75 Å². The zero-order valence-electron chi connectivity index (χ0n) is 19.4. The van der Waals surface area contributed by atoms with Crippen LogP contribution in [0.15, 0.2) is 118 Å². The van der Waals surface area contributed by atoms with Crippen molar-refractivity contribution in [2.24, 2.45) is 20.5 Å². The van der Waals surface area contributed by atoms with Crippen LogP contribution in [0.4, 0.5) is 22.7 Å². The predicted octanol–water partition coefficient (Wildman–Crippen LogP) is 8.16. The number of carbonyl (C=O) groups excluding carboxylic acids is 1. The molecule has 178 valence electrons. The minimum atomic E-state index is 0.386. The maximum Gasteiger partial charge on any atom is 0.298 e. The van der Waals surface area contributed by atoms with Crippen molar-refractivity contribution in [2.45, 2.75) is 0 Å². The minimum Gasteiger partial charge on any atom is -0.429 e. The minimum absolute atomic E-state index is 0.386. The van der Waals surface area contributed by atoms with Crippen molar-refractivity contribution < 1.29 is 19.3 Å². The van der Waals surface area contributed by atoms with Gasteiger partial charge >= 0.3 is 0 Å². The second-order valence-corrected chi connectivity index (χ2v) is 7.37. The van der Waals surface area contributed by atoms with Crippen molar-refractivity contribution in [1.82, 2.24) is 0 Å². The molecule has 0 amide bonds. The van der Waals surface area contributed by atoms with Gasteiger partial charge in [0.2, 0.25) is 0 Å². The normalized spacial score (nSPS) is 11.4. The van der Waals surface area contributed by atoms with E-state index in [1.54, 1.807) is 48.5 Å². The number of hydrogen-bond acceptors (Lipinski definition) is 8. The summed E-state index contributed by atoms with van der Waals surface area (Å²) in [6, 6.07) is 29.4. The van der Waals surface area contributed by atoms with Crippen molar-refractivity contribution in [2.75, 3.05) is 7.11 Å². The molecule has 0 aliphatic heterocycles. The third-order valence-corrected chi connectivity index (χ3v) is 4.85. The lowest BCUT2D eigenvalue weighted by Gasteiger charge is -2.00. The topological polar surface area (TPSA) is 94.2 Å². The Bertz CT molecular complexity index is 1350. The second kappa shape index (κ2) is 12.5. The van der Waals surface area contributed by atoms with Crippen LogP contribution in [0.3, 0.4) is 0 Å². The summed E-state index contributed by atoms with van der Waals surface area (Å²) in [6.45, 7) is 0.386. The van der Waals surface area contributed by atoms with Crippen molar-refractivity contribution >= 4 is 41.4 Å². The third kappa shape index (κ3) is 7.28. The molecule has 0 radical (unpaired) electrons. The van der Waals surface area contributed by atoms with Crippen LogP contribution in [0.1, 0.15) is 11.1 Å². The number of azo groups is 2. The smallest absolute Gasteiger partial charge is 0.298 e. The van der Waals surface area contributed by atoms with Crippen LogP contribution in [-0.4, -0.2) is 13.6 Å². The van der Waals surface area contributed by atoms with E-state index in [4.69, 9.17) is 9.62 Å². The highest BCUT2D eigenvalue weighted by Crippen LogP contribution is 2.23. The van der Waals surface area contributed by atoms with Crippen molar-refractivity contribution in [3.05, 3.63) is 108 Å². The molecular formula is C28H22N4O4. The van der Waals surface area contributed by atoms with Gasteiger partial charge in [-0.3, -0.25) is 4.79 Å². The summed E-state index contributed by atoms with van der Waals surface area (Å²) in [6.07, 6.45) is 4.04. The van der Waals surface area contributed by atoms with Crippen molar-refractivity contribution in [3.8, 4) is 11.5 Å². The van der Waals surface area contributed by atoms with Gasteiger partial charge in [-0.15, -0.1) is 0 Å². The monoisotopic (exact) mass is 478 g/mol. The van der Waals surface area contributed by atoms with E-state index in [1.807, 2.05) is 60.7 Å². The summed E-state index contributed by atoms with van der Waals surface area (Å²) >= 11 is 0. The molecule has 0 saturated carbocycles. The summed E-state index contributed by atoms with van der Waals surface area (Å²) in [5.74, 6) is 1.06. The number of hydrogen-bond donors (Lipinski definition) is 0. The van der Waals surface area contributed by atoms with E-state index < -0.39 is 0 Å². The highest BCUT2D eigenvalue weighted by molar-refractivity contribution is 5.70. The van der Waals surface area contributed by atoms with Crippen molar-refractivity contribution in [3.63, 3.8) is 0 Å². The first-order valence-electron chi connectivity index (χ1n) is 10.9. The predicted molar refractivity (Wildman–Crippen MR) is 137 cm³/mol. The molecule has 0 aromatic heterocycles. The van der Waals surface area contributed by atoms with Crippen LogP contribution in [0, 0.1) is 0 Å². The molecule has 8 heteroatoms. The number of benzene rings is 4. The molecule has 8 nitrogen and oxygen atoms in total. The first-order valence-corrected chi connectivity index (χ1v) is 10.9. The number of nitrogens with zero attached hydrogens (tertiary/aromatic N) is 4. The number of ether oxygens (including phenoxy) is 1. The Morgan fingerprint density at radius 3 is 1.25 bits per heavy atom. The van der Waals surface area contributed by atoms with E-state index >= 15 is 0 Å². The summed E-state index contributed by atoms with van der Waals surface area (Å²) in [7, 11) is 1.45. The molecule has 4 aromatic rings. The summed E-state index contributed by atoms with van der Waals surface area (Å²) in [4.78, 5) is 19.9. The Balaban J connectivity index is 1.31. The average Bonchev–Trinajstić information content (AvgIpc) is 2.93. The molecule has 0 heterocycles. The van der Waals surface area contributed by atoms with Gasteiger partial charge < -0.3 is 9.62 Å². The van der Waals surface area contributed by atoms with E-state index in [9.17, 15) is 4.79 Å². The zero-order valence-corrected chi connectivity index (χ0v) is 19.4. The Morgan fingerprint density at radius 2 is 0.889 bits per heavy atom. The molecule has 0 fully saturated rings. The van der Waals surface area contributed by atoms with Crippen LogP contribution in [-0.2, 0) is 9.68 Å². The van der Waals surface area contributed by atoms with Crippen LogP contribution >= 0.6 is 0 Å². The molecule has 0 bridgehead atoms. The number of rotatable bonds is 10. The van der Waals surface area contributed by atoms with E-state index in [0.717, 1.165) is 22.5 Å². The molecule has 0 saturated heterocycles. The van der Waals surface area contributed by atoms with E-state index in [0.29, 0.717) is 29.3 Å². The fourth-order valence-corrected chi connectivity index (χ4v) is 3.04. The Kier molecular flexibility index (Phi) is 8.39. The van der Waals surface area contributed by atoms with E-state index in [-0.39, 0.29) is 0 Å². The molecule has 4 rings (SSSR count). The molecule has 4 aromatic carbocycles. The lowest BCUT2D eigenvalue weighted by molar-refractivity contribution is -0.178. The SMILES string of the molecule is COOc1ccc(N=Nc2ccc(/C=C/c3ccc(N=Nc4ccc(OC=O)cc4)cc3)cc2)cc1. The highest BCUT2D eigenvalue weighted by Gasteiger charge is 1.97. The Labute approximate surface area is 208 Å². The first kappa shape index (κ1) is 24.2. The van der Waals surface area contributed by atoms with Gasteiger partial charge in [0.05, 0.1) is 29.9 Å². The van der Waals surface area contributed by atoms with Gasteiger partial charge in [-0.1, -0.05) is 36.4 Å². The Morgan fingerprint density at radius 1 is 0.528 bits per heavy atom. The van der Waals surface area contributed by atoms with E-state index in [2.05, 4.69) is 25.3 Å². The second-order valence-electron chi connectivity index (χ2n) is 7.37. The zero-order chi connectivity index (χ0) is 25.0. The molecule has 0 atom stereocenters. The average molecular weight is 479 g/mol. The Hall–Kier alpha value is -4.95. The molecule has 0 unspecified atom stereocenters. The lowest BCUT2D eigenvalue weighted by atomic mass is 10.1. The lowest BCUT2D eigenvalue weighted by Crippen LogP contribution is -1.88. The van der Waals surface area contributed by atoms with Crippen LogP contribution in [0.2, 0.25) is 0 Å². The molecule has 0 aliphatic carbocycles. The highest BCUT2D eigenvalue weighted by atomic mass is 17.2. The standard InChI is InChI=1S/C28H22N4O4/c1-34-36-28-18-14-26(15-19-28)32-30-24-10-6-22(7-11-24)3-2-21-4-8-23(9-5-21)29-31-25-12-16-27(17-13-25)35-20-33/h2-20H,1H3/b3-2+,31-29?,32-30?. The quantitative estimate of drug-likeness (QED) is 0.0755. The van der Waals surface area contributed by atoms with Gasteiger partial charge in [0, 0.05) is 0 Å². The van der Waals surface area contributed by atoms with Gasteiger partial charge in [0.1, 0.15) is 5.75 Å². The van der Waals surface area contributed by atoms with Gasteiger partial charge in [-0.2, -0.15) is 25.3 Å². The van der Waals surface area contributed by atoms with Gasteiger partial charge in [-0.25, -0.2) is 0 Å². The number of carbonyl (C=O) groups is 1. The summed E-state index contributed by atoms with van der Waals surface area (Å²) in [5.41, 5.74) is 4.94. The molecule has 0 spiro atoms. The fraction of sp³-hybridized carbons (Fsp3) is 0.0357. The molecular weight excluding hydrogens is 456 g/mol. The maximum absolute atomic E-state index is 10.3. The molecule has 36 heavy (non-hydrogen) atoms. The van der Waals surface area contributed by atoms with Gasteiger partial charge in [0.25, 0.3) is 6.47 Å². The fourth-order valence-electron chi connectivity index (χ4n) is 3.04. The molecule has 0 N–H and O–H groups in total. The summed E-state index contributed by atoms with van der Waals surface area (Å²) in [5, 5.41) is 16.9. The van der Waals surface area contributed by atoms with E-state index in [1.165, 1.54) is 7.11 Å². The van der Waals surface area contributed by atoms with Crippen molar-refractivity contribution in [1.29, 1.82) is 0 Å².